The van der Waals surface area contributed by atoms with Crippen molar-refractivity contribution in [3.05, 3.63) is 75.5 Å². The van der Waals surface area contributed by atoms with Crippen LogP contribution in [0.25, 0.3) is 6.08 Å². The first kappa shape index (κ1) is 20.0. The summed E-state index contributed by atoms with van der Waals surface area (Å²) in [6, 6.07) is 11.7. The molecule has 0 fully saturated rings. The molecule has 26 heavy (non-hydrogen) atoms. The number of hydrogen-bond donors (Lipinski definition) is 0. The molecule has 0 unspecified atom stereocenters. The van der Waals surface area contributed by atoms with Crippen LogP contribution < -0.4 is 0 Å². The van der Waals surface area contributed by atoms with Crippen LogP contribution >= 0.6 is 15.9 Å². The van der Waals surface area contributed by atoms with Crippen LogP contribution in [0.3, 0.4) is 0 Å². The molecular weight excluding hydrogens is 399 g/mol. The summed E-state index contributed by atoms with van der Waals surface area (Å²) < 4.78 is 19.2. The van der Waals surface area contributed by atoms with Gasteiger partial charge in [-0.1, -0.05) is 54.0 Å². The number of ether oxygens (including phenoxy) is 1. The number of carbonyl (C=O) groups is 2. The predicted molar refractivity (Wildman–Crippen MR) is 104 cm³/mol. The molecule has 2 rings (SSSR count). The molecule has 0 amide bonds. The van der Waals surface area contributed by atoms with Crippen LogP contribution in [0.1, 0.15) is 47.7 Å². The molecule has 1 atom stereocenters. The predicted octanol–water partition coefficient (Wildman–Crippen LogP) is 5.54. The van der Waals surface area contributed by atoms with Crippen LogP contribution in [0.4, 0.5) is 4.39 Å². The summed E-state index contributed by atoms with van der Waals surface area (Å²) in [5.41, 5.74) is 1.91. The minimum Gasteiger partial charge on any atom is -0.454 e. The standard InChI is InChI=1S/C21H20BrFO3/c1-3-14(2)15-4-6-16(7-5-15)20(24)13-26-21(25)11-8-17-12-18(22)9-10-19(17)23/h4-12,14H,3,13H2,1-2H3/b11-8+/t14-/m0/s1. The Morgan fingerprint density at radius 3 is 2.54 bits per heavy atom. The number of rotatable bonds is 7. The first-order valence-electron chi connectivity index (χ1n) is 8.33. The van der Waals surface area contributed by atoms with Gasteiger partial charge in [0.2, 0.25) is 0 Å². The number of ketones is 1. The van der Waals surface area contributed by atoms with Crippen LogP contribution in [0.5, 0.6) is 0 Å². The lowest BCUT2D eigenvalue weighted by Gasteiger charge is -2.09. The molecule has 2 aromatic carbocycles. The van der Waals surface area contributed by atoms with Gasteiger partial charge in [-0.25, -0.2) is 9.18 Å². The number of benzene rings is 2. The Bertz CT molecular complexity index is 813. The maximum atomic E-state index is 13.6. The third kappa shape index (κ3) is 5.63. The molecule has 136 valence electrons. The van der Waals surface area contributed by atoms with Gasteiger partial charge in [-0.2, -0.15) is 0 Å². The molecule has 0 saturated heterocycles. The second-order valence-electron chi connectivity index (χ2n) is 5.96. The van der Waals surface area contributed by atoms with Gasteiger partial charge in [-0.05, 0) is 42.2 Å². The Hall–Kier alpha value is -2.27. The SMILES string of the molecule is CC[C@H](C)c1ccc(C(=O)COC(=O)/C=C/c2cc(Br)ccc2F)cc1. The van der Waals surface area contributed by atoms with Gasteiger partial charge in [0.05, 0.1) is 0 Å². The summed E-state index contributed by atoms with van der Waals surface area (Å²) in [6.07, 6.45) is 3.44. The van der Waals surface area contributed by atoms with Crippen LogP contribution in [-0.4, -0.2) is 18.4 Å². The first-order chi connectivity index (χ1) is 12.4. The molecule has 0 N–H and O–H groups in total. The molecule has 0 radical (unpaired) electrons. The Kier molecular flexibility index (Phi) is 7.27. The molecule has 2 aromatic rings. The van der Waals surface area contributed by atoms with Crippen LogP contribution in [0, 0.1) is 5.82 Å². The maximum Gasteiger partial charge on any atom is 0.331 e. The number of carbonyl (C=O) groups excluding carboxylic acids is 2. The highest BCUT2D eigenvalue weighted by Crippen LogP contribution is 2.19. The van der Waals surface area contributed by atoms with E-state index in [0.717, 1.165) is 12.5 Å². The lowest BCUT2D eigenvalue weighted by molar-refractivity contribution is -0.136. The Morgan fingerprint density at radius 2 is 1.88 bits per heavy atom. The lowest BCUT2D eigenvalue weighted by atomic mass is 9.97. The molecule has 0 aliphatic carbocycles. The van der Waals surface area contributed by atoms with Gasteiger partial charge in [-0.3, -0.25) is 4.79 Å². The normalized spacial score (nSPS) is 12.2. The van der Waals surface area contributed by atoms with E-state index in [-0.39, 0.29) is 18.0 Å². The van der Waals surface area contributed by atoms with E-state index < -0.39 is 11.8 Å². The second-order valence-corrected chi connectivity index (χ2v) is 6.88. The second kappa shape index (κ2) is 9.43. The van der Waals surface area contributed by atoms with E-state index in [9.17, 15) is 14.0 Å². The minimum absolute atomic E-state index is 0.253. The van der Waals surface area contributed by atoms with E-state index in [2.05, 4.69) is 29.8 Å². The Morgan fingerprint density at radius 1 is 1.19 bits per heavy atom. The van der Waals surface area contributed by atoms with Crippen LogP contribution in [0.2, 0.25) is 0 Å². The van der Waals surface area contributed by atoms with Crippen molar-refractivity contribution in [2.45, 2.75) is 26.2 Å². The van der Waals surface area contributed by atoms with E-state index >= 15 is 0 Å². The quantitative estimate of drug-likeness (QED) is 0.336. The molecule has 0 aliphatic heterocycles. The summed E-state index contributed by atoms with van der Waals surface area (Å²) in [4.78, 5) is 23.8. The van der Waals surface area contributed by atoms with Gasteiger partial charge < -0.3 is 4.74 Å². The van der Waals surface area contributed by atoms with Crippen molar-refractivity contribution in [1.29, 1.82) is 0 Å². The Labute approximate surface area is 161 Å². The summed E-state index contributed by atoms with van der Waals surface area (Å²) in [5.74, 6) is -1.000. The monoisotopic (exact) mass is 418 g/mol. The highest BCUT2D eigenvalue weighted by atomic mass is 79.9. The summed E-state index contributed by atoms with van der Waals surface area (Å²) >= 11 is 3.24. The molecular formula is C21H20BrFO3. The van der Waals surface area contributed by atoms with Crippen molar-refractivity contribution in [2.24, 2.45) is 0 Å². The zero-order valence-corrected chi connectivity index (χ0v) is 16.3. The average molecular weight is 419 g/mol. The zero-order chi connectivity index (χ0) is 19.1. The maximum absolute atomic E-state index is 13.6. The summed E-state index contributed by atoms with van der Waals surface area (Å²) in [6.45, 7) is 3.88. The smallest absolute Gasteiger partial charge is 0.331 e. The number of esters is 1. The van der Waals surface area contributed by atoms with Crippen molar-refractivity contribution >= 4 is 33.8 Å². The van der Waals surface area contributed by atoms with E-state index in [1.807, 2.05) is 12.1 Å². The van der Waals surface area contributed by atoms with E-state index in [1.54, 1.807) is 24.3 Å². The minimum atomic E-state index is -0.700. The van der Waals surface area contributed by atoms with Crippen LogP contribution in [-0.2, 0) is 9.53 Å². The largest absolute Gasteiger partial charge is 0.454 e. The van der Waals surface area contributed by atoms with E-state index in [0.29, 0.717) is 16.0 Å². The highest BCUT2D eigenvalue weighted by Gasteiger charge is 2.10. The average Bonchev–Trinajstić information content (AvgIpc) is 2.66. The van der Waals surface area contributed by atoms with Gasteiger partial charge in [0, 0.05) is 21.7 Å². The van der Waals surface area contributed by atoms with Gasteiger partial charge in [0.1, 0.15) is 5.82 Å². The van der Waals surface area contributed by atoms with Crippen molar-refractivity contribution < 1.29 is 18.7 Å². The number of hydrogen-bond acceptors (Lipinski definition) is 3. The fourth-order valence-electron chi connectivity index (χ4n) is 2.30. The fraction of sp³-hybridized carbons (Fsp3) is 0.238. The molecule has 0 aliphatic rings. The van der Waals surface area contributed by atoms with Crippen molar-refractivity contribution in [1.82, 2.24) is 0 Å². The van der Waals surface area contributed by atoms with Crippen LogP contribution in [0.15, 0.2) is 53.0 Å². The lowest BCUT2D eigenvalue weighted by Crippen LogP contribution is -2.12. The zero-order valence-electron chi connectivity index (χ0n) is 14.7. The van der Waals surface area contributed by atoms with Crippen molar-refractivity contribution in [3.63, 3.8) is 0 Å². The third-order valence-corrected chi connectivity index (χ3v) is 4.61. The highest BCUT2D eigenvalue weighted by molar-refractivity contribution is 9.10. The third-order valence-electron chi connectivity index (χ3n) is 4.12. The molecule has 3 nitrogen and oxygen atoms in total. The molecule has 0 saturated carbocycles. The molecule has 0 aromatic heterocycles. The van der Waals surface area contributed by atoms with Gasteiger partial charge in [-0.15, -0.1) is 0 Å². The first-order valence-corrected chi connectivity index (χ1v) is 9.13. The fourth-order valence-corrected chi connectivity index (χ4v) is 2.68. The van der Waals surface area contributed by atoms with E-state index in [1.165, 1.54) is 17.7 Å². The summed E-state index contributed by atoms with van der Waals surface area (Å²) in [7, 11) is 0. The molecule has 0 heterocycles. The number of halogens is 2. The Balaban J connectivity index is 1.91. The topological polar surface area (TPSA) is 43.4 Å². The number of Topliss-reactive ketones (excluding diaryl/α,β-unsaturated/α-hetero) is 1. The van der Waals surface area contributed by atoms with Crippen molar-refractivity contribution in [3.8, 4) is 0 Å². The van der Waals surface area contributed by atoms with Gasteiger partial charge in [0.15, 0.2) is 12.4 Å². The van der Waals surface area contributed by atoms with Gasteiger partial charge >= 0.3 is 5.97 Å². The molecule has 5 heteroatoms. The van der Waals surface area contributed by atoms with E-state index in [4.69, 9.17) is 4.74 Å². The van der Waals surface area contributed by atoms with Crippen molar-refractivity contribution in [2.75, 3.05) is 6.61 Å². The van der Waals surface area contributed by atoms with Gasteiger partial charge in [0.25, 0.3) is 0 Å². The summed E-state index contributed by atoms with van der Waals surface area (Å²) in [5, 5.41) is 0. The molecule has 0 spiro atoms. The molecule has 0 bridgehead atoms.